The van der Waals surface area contributed by atoms with Gasteiger partial charge >= 0.3 is 0 Å². The molecular formula is C12H12N2OS2. The Morgan fingerprint density at radius 2 is 2.35 bits per heavy atom. The first-order valence-corrected chi connectivity index (χ1v) is 6.46. The van der Waals surface area contributed by atoms with Crippen molar-refractivity contribution < 1.29 is 4.79 Å². The fourth-order valence-electron chi connectivity index (χ4n) is 1.41. The van der Waals surface area contributed by atoms with Gasteiger partial charge in [0.15, 0.2) is 0 Å². The van der Waals surface area contributed by atoms with E-state index in [0.717, 1.165) is 15.6 Å². The lowest BCUT2D eigenvalue weighted by Crippen LogP contribution is -2.22. The van der Waals surface area contributed by atoms with E-state index >= 15 is 0 Å². The Labute approximate surface area is 109 Å². The summed E-state index contributed by atoms with van der Waals surface area (Å²) in [5.74, 6) is -0.105. The molecule has 1 aromatic heterocycles. The lowest BCUT2D eigenvalue weighted by molar-refractivity contribution is 0.0950. The second-order valence-corrected chi connectivity index (χ2v) is 5.17. The van der Waals surface area contributed by atoms with E-state index < -0.39 is 0 Å². The Hall–Kier alpha value is -1.33. The van der Waals surface area contributed by atoms with Crippen LogP contribution in [0.2, 0.25) is 0 Å². The zero-order valence-electron chi connectivity index (χ0n) is 9.30. The molecule has 2 rings (SSSR count). The van der Waals surface area contributed by atoms with Gasteiger partial charge in [-0.2, -0.15) is 0 Å². The summed E-state index contributed by atoms with van der Waals surface area (Å²) in [6.07, 6.45) is 0. The maximum Gasteiger partial charge on any atom is 0.251 e. The largest absolute Gasteiger partial charge is 0.346 e. The molecule has 0 aliphatic rings. The summed E-state index contributed by atoms with van der Waals surface area (Å²) in [6, 6.07) is 7.15. The van der Waals surface area contributed by atoms with Crippen LogP contribution in [0.4, 0.5) is 0 Å². The van der Waals surface area contributed by atoms with Crippen molar-refractivity contribution in [2.45, 2.75) is 18.4 Å². The molecule has 0 saturated carbocycles. The standard InChI is InChI=1S/C12H12N2OS2/c1-8-14-10(7-17-8)6-13-12(15)9-3-2-4-11(16)5-9/h2-5,7,16H,6H2,1H3,(H,13,15). The molecule has 17 heavy (non-hydrogen) atoms. The Morgan fingerprint density at radius 3 is 3.00 bits per heavy atom. The van der Waals surface area contributed by atoms with Crippen molar-refractivity contribution in [1.82, 2.24) is 10.3 Å². The van der Waals surface area contributed by atoms with Gasteiger partial charge in [-0.3, -0.25) is 4.79 Å². The maximum atomic E-state index is 11.8. The van der Waals surface area contributed by atoms with Crippen LogP contribution >= 0.6 is 24.0 Å². The van der Waals surface area contributed by atoms with Crippen molar-refractivity contribution >= 4 is 29.9 Å². The van der Waals surface area contributed by atoms with E-state index in [9.17, 15) is 4.79 Å². The van der Waals surface area contributed by atoms with E-state index in [4.69, 9.17) is 0 Å². The number of thiol groups is 1. The minimum atomic E-state index is -0.105. The molecular weight excluding hydrogens is 252 g/mol. The number of thiazole rings is 1. The van der Waals surface area contributed by atoms with Crippen molar-refractivity contribution in [2.75, 3.05) is 0 Å². The number of amides is 1. The van der Waals surface area contributed by atoms with Crippen molar-refractivity contribution in [3.8, 4) is 0 Å². The molecule has 0 fully saturated rings. The second-order valence-electron chi connectivity index (χ2n) is 3.59. The number of hydrogen-bond acceptors (Lipinski definition) is 4. The van der Waals surface area contributed by atoms with Crippen molar-refractivity contribution in [1.29, 1.82) is 0 Å². The van der Waals surface area contributed by atoms with Crippen LogP contribution in [0, 0.1) is 6.92 Å². The highest BCUT2D eigenvalue weighted by atomic mass is 32.1. The molecule has 0 aliphatic carbocycles. The fourth-order valence-corrected chi connectivity index (χ4v) is 2.25. The minimum Gasteiger partial charge on any atom is -0.346 e. The molecule has 0 radical (unpaired) electrons. The molecule has 3 nitrogen and oxygen atoms in total. The smallest absolute Gasteiger partial charge is 0.251 e. The summed E-state index contributed by atoms with van der Waals surface area (Å²) >= 11 is 5.78. The molecule has 0 unspecified atom stereocenters. The Balaban J connectivity index is 1.98. The van der Waals surface area contributed by atoms with E-state index in [-0.39, 0.29) is 5.91 Å². The van der Waals surface area contributed by atoms with Gasteiger partial charge in [-0.25, -0.2) is 4.98 Å². The molecule has 5 heteroatoms. The molecule has 1 amide bonds. The maximum absolute atomic E-state index is 11.8. The fraction of sp³-hybridized carbons (Fsp3) is 0.167. The molecule has 0 saturated heterocycles. The van der Waals surface area contributed by atoms with Gasteiger partial charge in [0.2, 0.25) is 0 Å². The van der Waals surface area contributed by atoms with Crippen LogP contribution < -0.4 is 5.32 Å². The molecule has 0 bridgehead atoms. The van der Waals surface area contributed by atoms with Crippen LogP contribution in [-0.2, 0) is 6.54 Å². The summed E-state index contributed by atoms with van der Waals surface area (Å²) in [7, 11) is 0. The summed E-state index contributed by atoms with van der Waals surface area (Å²) in [4.78, 5) is 16.9. The zero-order chi connectivity index (χ0) is 12.3. The van der Waals surface area contributed by atoms with Gasteiger partial charge in [0.1, 0.15) is 0 Å². The van der Waals surface area contributed by atoms with E-state index in [1.807, 2.05) is 24.4 Å². The summed E-state index contributed by atoms with van der Waals surface area (Å²) in [5, 5.41) is 5.78. The summed E-state index contributed by atoms with van der Waals surface area (Å²) in [5.41, 5.74) is 1.51. The van der Waals surface area contributed by atoms with Crippen LogP contribution in [0.25, 0.3) is 0 Å². The highest BCUT2D eigenvalue weighted by Crippen LogP contribution is 2.10. The molecule has 1 heterocycles. The van der Waals surface area contributed by atoms with Gasteiger partial charge in [0.05, 0.1) is 17.2 Å². The first kappa shape index (κ1) is 12.1. The first-order chi connectivity index (χ1) is 8.15. The minimum absolute atomic E-state index is 0.105. The first-order valence-electron chi connectivity index (χ1n) is 5.13. The molecule has 0 spiro atoms. The number of hydrogen-bond donors (Lipinski definition) is 2. The number of carbonyl (C=O) groups is 1. The third-order valence-electron chi connectivity index (χ3n) is 2.20. The highest BCUT2D eigenvalue weighted by molar-refractivity contribution is 7.80. The number of aryl methyl sites for hydroxylation is 1. The van der Waals surface area contributed by atoms with Gasteiger partial charge in [0.25, 0.3) is 5.91 Å². The Bertz CT molecular complexity index is 537. The van der Waals surface area contributed by atoms with Gasteiger partial charge < -0.3 is 5.32 Å². The van der Waals surface area contributed by atoms with Gasteiger partial charge in [-0.15, -0.1) is 24.0 Å². The lowest BCUT2D eigenvalue weighted by Gasteiger charge is -2.03. The van der Waals surface area contributed by atoms with Gasteiger partial charge in [0, 0.05) is 15.8 Å². The molecule has 0 atom stereocenters. The van der Waals surface area contributed by atoms with E-state index in [2.05, 4.69) is 22.9 Å². The topological polar surface area (TPSA) is 42.0 Å². The Morgan fingerprint density at radius 1 is 1.53 bits per heavy atom. The van der Waals surface area contributed by atoms with Crippen molar-refractivity contribution in [2.24, 2.45) is 0 Å². The average Bonchev–Trinajstić information content (AvgIpc) is 2.72. The van der Waals surface area contributed by atoms with Gasteiger partial charge in [-0.1, -0.05) is 6.07 Å². The number of aromatic nitrogens is 1. The second kappa shape index (κ2) is 5.33. The number of nitrogens with zero attached hydrogens (tertiary/aromatic N) is 1. The number of carbonyl (C=O) groups excluding carboxylic acids is 1. The highest BCUT2D eigenvalue weighted by Gasteiger charge is 2.06. The van der Waals surface area contributed by atoms with E-state index in [1.165, 1.54) is 0 Å². The SMILES string of the molecule is Cc1nc(CNC(=O)c2cccc(S)c2)cs1. The van der Waals surface area contributed by atoms with Crippen LogP contribution in [0.5, 0.6) is 0 Å². The molecule has 2 aromatic rings. The summed E-state index contributed by atoms with van der Waals surface area (Å²) < 4.78 is 0. The molecule has 88 valence electrons. The molecule has 1 N–H and O–H groups in total. The van der Waals surface area contributed by atoms with Gasteiger partial charge in [-0.05, 0) is 25.1 Å². The molecule has 0 aliphatic heterocycles. The average molecular weight is 264 g/mol. The van der Waals surface area contributed by atoms with Crippen LogP contribution in [0.15, 0.2) is 34.5 Å². The lowest BCUT2D eigenvalue weighted by atomic mass is 10.2. The van der Waals surface area contributed by atoms with Crippen molar-refractivity contribution in [3.05, 3.63) is 45.9 Å². The molecule has 1 aromatic carbocycles. The van der Waals surface area contributed by atoms with E-state index in [0.29, 0.717) is 12.1 Å². The number of nitrogens with one attached hydrogen (secondary N) is 1. The summed E-state index contributed by atoms with van der Waals surface area (Å²) in [6.45, 7) is 2.40. The predicted molar refractivity (Wildman–Crippen MR) is 71.7 cm³/mol. The third-order valence-corrected chi connectivity index (χ3v) is 3.31. The number of benzene rings is 1. The predicted octanol–water partition coefficient (Wildman–Crippen LogP) is 2.67. The number of rotatable bonds is 3. The Kier molecular flexibility index (Phi) is 3.81. The van der Waals surface area contributed by atoms with Crippen molar-refractivity contribution in [3.63, 3.8) is 0 Å². The third kappa shape index (κ3) is 3.31. The van der Waals surface area contributed by atoms with Crippen LogP contribution in [0.3, 0.4) is 0 Å². The zero-order valence-corrected chi connectivity index (χ0v) is 11.0. The van der Waals surface area contributed by atoms with Crippen LogP contribution in [-0.4, -0.2) is 10.9 Å². The normalized spacial score (nSPS) is 10.2. The van der Waals surface area contributed by atoms with Crippen LogP contribution in [0.1, 0.15) is 21.1 Å². The monoisotopic (exact) mass is 264 g/mol. The van der Waals surface area contributed by atoms with E-state index in [1.54, 1.807) is 23.5 Å². The quantitative estimate of drug-likeness (QED) is 0.837.